The Labute approximate surface area is 392 Å². The fourth-order valence-electron chi connectivity index (χ4n) is 12.4. The van der Waals surface area contributed by atoms with Crippen LogP contribution >= 0.6 is 0 Å². The van der Waals surface area contributed by atoms with Crippen molar-refractivity contribution in [3.63, 3.8) is 0 Å². The standard InChI is InChI=1S/C52H90N4O9/c1-13-37(33(2)3)15-14-34(4)41-18-19-42-40-17-16-38-32-39(20-25-51(38,11)43(40)21-26-52(41,42)12)65-48(62)54-29-28-53-44(57)22-24-49(7,8)64-31-27-50(9,10)63-30-23-45(58)55-35(5)46(59)56-36(6)47(60)61/h16,33-37,39-43H,13-15,17-32H2,1-12H3,(H,53,57)(H,54,62)(H,55,58)(H,56,59)(H,60,61)/t34-,35+,36+,37?,39+,40+,41-,42+,43+,51+,52-/m1/s1. The van der Waals surface area contributed by atoms with Crippen LogP contribution in [0, 0.1) is 52.3 Å². The Hall–Kier alpha value is -3.19. The molecule has 0 radical (unpaired) electrons. The zero-order valence-corrected chi connectivity index (χ0v) is 42.5. The van der Waals surface area contributed by atoms with E-state index in [-0.39, 0.29) is 49.3 Å². The molecule has 11 atom stereocenters. The molecule has 4 aliphatic rings. The van der Waals surface area contributed by atoms with E-state index in [1.54, 1.807) is 0 Å². The first kappa shape index (κ1) is 54.4. The van der Waals surface area contributed by atoms with Crippen LogP contribution in [0.5, 0.6) is 0 Å². The minimum absolute atomic E-state index is 0.0333. The number of alkyl carbamates (subject to hydrolysis) is 1. The molecule has 4 aliphatic carbocycles. The summed E-state index contributed by atoms with van der Waals surface area (Å²) in [7, 11) is 0. The predicted molar refractivity (Wildman–Crippen MR) is 255 cm³/mol. The van der Waals surface area contributed by atoms with Gasteiger partial charge in [0.25, 0.3) is 0 Å². The lowest BCUT2D eigenvalue weighted by atomic mass is 9.47. The SMILES string of the molecule is CCC(CC[C@@H](C)[C@H]1CC[C@H]2[C@@H]3CC=C4C[C@@H](OC(=O)NCCNC(=O)CCC(C)(C)OCCC(C)(C)OCCC(=O)N[C@@H](C)C(=O)N[C@@H](C)C(=O)O)CC[C@]4(C)[C@H]3CC[C@]12C)C(C)C. The zero-order chi connectivity index (χ0) is 48.3. The molecule has 0 aliphatic heterocycles. The minimum Gasteiger partial charge on any atom is -0.480 e. The van der Waals surface area contributed by atoms with Crippen LogP contribution in [0.4, 0.5) is 4.79 Å². The fraction of sp³-hybridized carbons (Fsp3) is 0.865. The predicted octanol–water partition coefficient (Wildman–Crippen LogP) is 9.12. The summed E-state index contributed by atoms with van der Waals surface area (Å²) in [5.41, 5.74) is 1.02. The second kappa shape index (κ2) is 23.7. The van der Waals surface area contributed by atoms with Crippen LogP contribution in [0.15, 0.2) is 11.6 Å². The molecule has 0 spiro atoms. The van der Waals surface area contributed by atoms with Gasteiger partial charge in [0.2, 0.25) is 17.7 Å². The van der Waals surface area contributed by atoms with E-state index in [1.807, 2.05) is 27.7 Å². The molecule has 13 nitrogen and oxygen atoms in total. The highest BCUT2D eigenvalue weighted by Crippen LogP contribution is 2.67. The van der Waals surface area contributed by atoms with E-state index in [1.165, 1.54) is 70.8 Å². The molecule has 0 saturated heterocycles. The molecule has 3 fully saturated rings. The molecule has 0 bridgehead atoms. The Morgan fingerprint density at radius 2 is 1.46 bits per heavy atom. The molecule has 5 N–H and O–H groups in total. The fourth-order valence-corrected chi connectivity index (χ4v) is 12.4. The molecule has 65 heavy (non-hydrogen) atoms. The zero-order valence-electron chi connectivity index (χ0n) is 42.5. The van der Waals surface area contributed by atoms with Gasteiger partial charge in [-0.3, -0.25) is 19.2 Å². The summed E-state index contributed by atoms with van der Waals surface area (Å²) in [6.07, 6.45) is 16.8. The molecule has 13 heteroatoms. The summed E-state index contributed by atoms with van der Waals surface area (Å²) >= 11 is 0. The van der Waals surface area contributed by atoms with Gasteiger partial charge in [-0.2, -0.15) is 0 Å². The number of carboxylic acid groups (broad SMARTS) is 1. The Kier molecular flexibility index (Phi) is 19.8. The van der Waals surface area contributed by atoms with Crippen LogP contribution in [0.1, 0.15) is 179 Å². The van der Waals surface area contributed by atoms with Crippen molar-refractivity contribution in [2.24, 2.45) is 52.3 Å². The second-order valence-corrected chi connectivity index (χ2v) is 22.6. The van der Waals surface area contributed by atoms with Gasteiger partial charge in [0.15, 0.2) is 0 Å². The Bertz CT molecular complexity index is 1650. The van der Waals surface area contributed by atoms with Crippen LogP contribution in [0.3, 0.4) is 0 Å². The molecule has 4 rings (SSSR count). The third-order valence-corrected chi connectivity index (χ3v) is 16.7. The van der Waals surface area contributed by atoms with Crippen LogP contribution < -0.4 is 21.3 Å². The summed E-state index contributed by atoms with van der Waals surface area (Å²) < 4.78 is 18.0. The average Bonchev–Trinajstić information content (AvgIpc) is 3.58. The second-order valence-electron chi connectivity index (χ2n) is 22.6. The van der Waals surface area contributed by atoms with Gasteiger partial charge in [0.05, 0.1) is 30.8 Å². The Morgan fingerprint density at radius 3 is 2.14 bits per heavy atom. The lowest BCUT2D eigenvalue weighted by Crippen LogP contribution is -2.51. The van der Waals surface area contributed by atoms with E-state index in [0.717, 1.165) is 60.7 Å². The number of allylic oxidation sites excluding steroid dienone is 1. The normalized spacial score (nSPS) is 28.3. The van der Waals surface area contributed by atoms with Crippen LogP contribution in [-0.2, 0) is 33.4 Å². The van der Waals surface area contributed by atoms with Gasteiger partial charge in [-0.1, -0.05) is 66.0 Å². The van der Waals surface area contributed by atoms with Crippen molar-refractivity contribution >= 4 is 29.8 Å². The van der Waals surface area contributed by atoms with Crippen molar-refractivity contribution in [3.8, 4) is 0 Å². The Morgan fingerprint density at radius 1 is 0.785 bits per heavy atom. The Balaban J connectivity index is 1.09. The average molecular weight is 915 g/mol. The molecular formula is C52H90N4O9. The summed E-state index contributed by atoms with van der Waals surface area (Å²) in [4.78, 5) is 61.0. The van der Waals surface area contributed by atoms with E-state index >= 15 is 0 Å². The molecule has 0 aromatic carbocycles. The lowest BCUT2D eigenvalue weighted by Gasteiger charge is -2.58. The smallest absolute Gasteiger partial charge is 0.407 e. The monoisotopic (exact) mass is 915 g/mol. The van der Waals surface area contributed by atoms with Crippen molar-refractivity contribution < 1.29 is 43.3 Å². The molecular weight excluding hydrogens is 825 g/mol. The molecule has 0 aromatic rings. The number of hydrogen-bond donors (Lipinski definition) is 5. The van der Waals surface area contributed by atoms with E-state index in [4.69, 9.17) is 19.3 Å². The number of rotatable bonds is 25. The van der Waals surface area contributed by atoms with Gasteiger partial charge >= 0.3 is 12.1 Å². The summed E-state index contributed by atoms with van der Waals surface area (Å²) in [5.74, 6) is 3.34. The van der Waals surface area contributed by atoms with Crippen molar-refractivity contribution in [2.45, 2.75) is 209 Å². The van der Waals surface area contributed by atoms with Gasteiger partial charge in [-0.15, -0.1) is 0 Å². The highest BCUT2D eigenvalue weighted by Gasteiger charge is 2.59. The topological polar surface area (TPSA) is 181 Å². The quantitative estimate of drug-likeness (QED) is 0.0441. The maximum atomic E-state index is 12.9. The lowest BCUT2D eigenvalue weighted by molar-refractivity contribution is -0.141. The first-order valence-corrected chi connectivity index (χ1v) is 25.4. The largest absolute Gasteiger partial charge is 0.480 e. The molecule has 0 heterocycles. The molecule has 1 unspecified atom stereocenters. The van der Waals surface area contributed by atoms with E-state index in [9.17, 15) is 24.0 Å². The summed E-state index contributed by atoms with van der Waals surface area (Å²) in [6.45, 7) is 26.5. The van der Waals surface area contributed by atoms with Crippen LogP contribution in [0.2, 0.25) is 0 Å². The first-order chi connectivity index (χ1) is 30.4. The highest BCUT2D eigenvalue weighted by atomic mass is 16.6. The number of amides is 4. The van der Waals surface area contributed by atoms with Gasteiger partial charge in [-0.25, -0.2) is 4.79 Å². The number of ether oxygens (including phenoxy) is 3. The van der Waals surface area contributed by atoms with E-state index in [0.29, 0.717) is 31.4 Å². The van der Waals surface area contributed by atoms with Crippen molar-refractivity contribution in [3.05, 3.63) is 11.6 Å². The van der Waals surface area contributed by atoms with Crippen molar-refractivity contribution in [1.29, 1.82) is 0 Å². The van der Waals surface area contributed by atoms with Crippen molar-refractivity contribution in [2.75, 3.05) is 26.3 Å². The van der Waals surface area contributed by atoms with E-state index < -0.39 is 41.3 Å². The molecule has 0 aromatic heterocycles. The number of hydrogen-bond acceptors (Lipinski definition) is 8. The van der Waals surface area contributed by atoms with Gasteiger partial charge in [0.1, 0.15) is 18.2 Å². The van der Waals surface area contributed by atoms with Gasteiger partial charge < -0.3 is 40.6 Å². The first-order valence-electron chi connectivity index (χ1n) is 25.4. The highest BCUT2D eigenvalue weighted by molar-refractivity contribution is 5.90. The minimum atomic E-state index is -1.16. The van der Waals surface area contributed by atoms with Gasteiger partial charge in [-0.05, 0) is 158 Å². The van der Waals surface area contributed by atoms with Crippen molar-refractivity contribution in [1.82, 2.24) is 21.3 Å². The third kappa shape index (κ3) is 15.2. The number of carbonyl (C=O) groups is 5. The summed E-state index contributed by atoms with van der Waals surface area (Å²) in [5, 5.41) is 19.6. The number of carboxylic acids is 1. The van der Waals surface area contributed by atoms with Gasteiger partial charge in [0, 0.05) is 25.9 Å². The number of nitrogens with one attached hydrogen (secondary N) is 4. The molecule has 372 valence electrons. The number of aliphatic carboxylic acids is 1. The number of fused-ring (bicyclic) bond motifs is 5. The van der Waals surface area contributed by atoms with E-state index in [2.05, 4.69) is 68.9 Å². The molecule has 4 amide bonds. The van der Waals surface area contributed by atoms with Crippen LogP contribution in [0.25, 0.3) is 0 Å². The number of carbonyl (C=O) groups excluding carboxylic acids is 4. The maximum absolute atomic E-state index is 12.9. The summed E-state index contributed by atoms with van der Waals surface area (Å²) in [6, 6.07) is -1.94. The third-order valence-electron chi connectivity index (χ3n) is 16.7. The van der Waals surface area contributed by atoms with Crippen LogP contribution in [-0.4, -0.2) is 90.6 Å². The maximum Gasteiger partial charge on any atom is 0.407 e. The molecule has 3 saturated carbocycles.